The maximum Gasteiger partial charge on any atom is 0.261 e. The number of imide groups is 1. The molecule has 0 fully saturated rings. The Morgan fingerprint density at radius 2 is 1.63 bits per heavy atom. The lowest BCUT2D eigenvalue weighted by molar-refractivity contribution is -0.936. The zero-order valence-corrected chi connectivity index (χ0v) is 19.6. The Morgan fingerprint density at radius 3 is 2.40 bits per heavy atom. The van der Waals surface area contributed by atoms with Gasteiger partial charge in [0.05, 0.1) is 24.2 Å². The summed E-state index contributed by atoms with van der Waals surface area (Å²) in [6, 6.07) is 23.2. The molecule has 6 nitrogen and oxygen atoms in total. The molecule has 3 aromatic carbocycles. The van der Waals surface area contributed by atoms with Gasteiger partial charge in [-0.05, 0) is 30.7 Å². The van der Waals surface area contributed by atoms with Crippen molar-refractivity contribution < 1.29 is 19.6 Å². The van der Waals surface area contributed by atoms with Crippen LogP contribution in [0.1, 0.15) is 55.2 Å². The summed E-state index contributed by atoms with van der Waals surface area (Å²) in [5, 5.41) is 12.5. The average molecular weight is 467 g/mol. The number of carbonyl (C=O) groups excluding carboxylic acids is 2. The molecule has 1 aromatic heterocycles. The number of hydrogen-bond donors (Lipinski definition) is 3. The van der Waals surface area contributed by atoms with Gasteiger partial charge in [-0.3, -0.25) is 14.5 Å². The lowest BCUT2D eigenvalue weighted by Gasteiger charge is -2.37. The molecule has 2 aliphatic rings. The van der Waals surface area contributed by atoms with Gasteiger partial charge in [-0.1, -0.05) is 54.6 Å². The Bertz CT molecular complexity index is 1420. The van der Waals surface area contributed by atoms with E-state index in [1.54, 1.807) is 24.3 Å². The number of benzene rings is 3. The quantitative estimate of drug-likeness (QED) is 0.396. The third kappa shape index (κ3) is 3.57. The smallest absolute Gasteiger partial charge is 0.261 e. The van der Waals surface area contributed by atoms with E-state index in [1.165, 1.54) is 15.4 Å². The molecule has 6 heteroatoms. The maximum atomic E-state index is 13.1. The fourth-order valence-corrected chi connectivity index (χ4v) is 5.93. The molecule has 3 atom stereocenters. The molecule has 0 saturated heterocycles. The minimum absolute atomic E-state index is 0.109. The summed E-state index contributed by atoms with van der Waals surface area (Å²) in [7, 11) is 0. The molecule has 0 spiro atoms. The first kappa shape index (κ1) is 21.8. The number of aryl methyl sites for hydroxylation is 1. The van der Waals surface area contributed by atoms with E-state index in [0.717, 1.165) is 40.7 Å². The second kappa shape index (κ2) is 8.48. The van der Waals surface area contributed by atoms with Crippen LogP contribution >= 0.6 is 0 Å². The Balaban J connectivity index is 1.33. The predicted octanol–water partition coefficient (Wildman–Crippen LogP) is 2.99. The second-order valence-electron chi connectivity index (χ2n) is 9.61. The standard InChI is InChI=1S/C29H27N3O3/c1-18-27(23-12-6-7-13-24(23)30-18)26(33)17-31-15-14-19-8-2-3-9-20(19)25(31)16-32-28(34)21-10-4-5-11-22(21)29(32)35/h2-13,25-26,30,33H,14-17H2,1H3/p+1/t25-,26+/m0/s1. The van der Waals surface area contributed by atoms with E-state index in [9.17, 15) is 14.7 Å². The normalized spacial score (nSPS) is 20.2. The number of nitrogens with one attached hydrogen (secondary N) is 2. The first-order chi connectivity index (χ1) is 17.0. The molecule has 3 heterocycles. The fraction of sp³-hybridized carbons (Fsp3) is 0.241. The number of para-hydroxylation sites is 1. The van der Waals surface area contributed by atoms with Gasteiger partial charge < -0.3 is 15.0 Å². The summed E-state index contributed by atoms with van der Waals surface area (Å²) in [5.74, 6) is -0.470. The van der Waals surface area contributed by atoms with Crippen molar-refractivity contribution in [3.05, 3.63) is 106 Å². The second-order valence-corrected chi connectivity index (χ2v) is 9.61. The fourth-order valence-electron chi connectivity index (χ4n) is 5.93. The molecule has 4 aromatic rings. The van der Waals surface area contributed by atoms with Crippen LogP contribution in [0.3, 0.4) is 0 Å². The van der Waals surface area contributed by atoms with Gasteiger partial charge in [0.15, 0.2) is 0 Å². The van der Waals surface area contributed by atoms with Crippen molar-refractivity contribution in [2.24, 2.45) is 0 Å². The number of carbonyl (C=O) groups is 2. The minimum atomic E-state index is -0.670. The molecule has 0 aliphatic carbocycles. The first-order valence-corrected chi connectivity index (χ1v) is 12.2. The molecule has 1 unspecified atom stereocenters. The van der Waals surface area contributed by atoms with E-state index in [2.05, 4.69) is 17.1 Å². The van der Waals surface area contributed by atoms with Gasteiger partial charge in [-0.15, -0.1) is 0 Å². The molecule has 6 rings (SSSR count). The third-order valence-electron chi connectivity index (χ3n) is 7.61. The monoisotopic (exact) mass is 466 g/mol. The van der Waals surface area contributed by atoms with Crippen LogP contribution < -0.4 is 4.90 Å². The molecule has 0 radical (unpaired) electrons. The molecule has 0 bridgehead atoms. The number of aliphatic hydroxyl groups excluding tert-OH is 1. The van der Waals surface area contributed by atoms with Gasteiger partial charge in [0.2, 0.25) is 0 Å². The highest BCUT2D eigenvalue weighted by molar-refractivity contribution is 6.21. The van der Waals surface area contributed by atoms with Crippen LogP contribution in [0.25, 0.3) is 10.9 Å². The lowest BCUT2D eigenvalue weighted by Crippen LogP contribution is -3.14. The summed E-state index contributed by atoms with van der Waals surface area (Å²) >= 11 is 0. The molecule has 0 saturated carbocycles. The van der Waals surface area contributed by atoms with Gasteiger partial charge in [-0.2, -0.15) is 0 Å². The molecule has 3 N–H and O–H groups in total. The van der Waals surface area contributed by atoms with Gasteiger partial charge in [0.1, 0.15) is 18.7 Å². The number of aromatic amines is 1. The highest BCUT2D eigenvalue weighted by Gasteiger charge is 2.41. The highest BCUT2D eigenvalue weighted by Crippen LogP contribution is 2.29. The van der Waals surface area contributed by atoms with E-state index in [4.69, 9.17) is 0 Å². The summed E-state index contributed by atoms with van der Waals surface area (Å²) in [4.78, 5) is 32.2. The number of H-pyrrole nitrogens is 1. The van der Waals surface area contributed by atoms with Gasteiger partial charge in [0, 0.05) is 34.1 Å². The van der Waals surface area contributed by atoms with E-state index in [1.807, 2.05) is 43.3 Å². The summed E-state index contributed by atoms with van der Waals surface area (Å²) in [5.41, 5.74) is 6.23. The molecule has 2 aliphatic heterocycles. The topological polar surface area (TPSA) is 77.8 Å². The van der Waals surface area contributed by atoms with Crippen molar-refractivity contribution in [3.8, 4) is 0 Å². The molecule has 2 amide bonds. The SMILES string of the molecule is Cc1[nH]c2ccccc2c1[C@H](O)C[NH+]1CCc2ccccc2[C@@H]1CN1C(=O)c2ccccc2C1=O. The van der Waals surface area contributed by atoms with Crippen molar-refractivity contribution in [3.63, 3.8) is 0 Å². The van der Waals surface area contributed by atoms with Crippen LogP contribution in [0.4, 0.5) is 0 Å². The maximum absolute atomic E-state index is 13.1. The van der Waals surface area contributed by atoms with Crippen molar-refractivity contribution >= 4 is 22.7 Å². The Morgan fingerprint density at radius 1 is 0.971 bits per heavy atom. The van der Waals surface area contributed by atoms with Crippen LogP contribution in [0.15, 0.2) is 72.8 Å². The summed E-state index contributed by atoms with van der Waals surface area (Å²) in [6.07, 6.45) is 0.222. The molecular weight excluding hydrogens is 438 g/mol. The van der Waals surface area contributed by atoms with Gasteiger partial charge in [0.25, 0.3) is 11.8 Å². The van der Waals surface area contributed by atoms with E-state index < -0.39 is 6.10 Å². The van der Waals surface area contributed by atoms with Crippen molar-refractivity contribution in [1.82, 2.24) is 9.88 Å². The summed E-state index contributed by atoms with van der Waals surface area (Å²) in [6.45, 7) is 3.60. The molecular formula is C29H28N3O3+. The van der Waals surface area contributed by atoms with Crippen molar-refractivity contribution in [2.75, 3.05) is 19.6 Å². The first-order valence-electron chi connectivity index (χ1n) is 12.2. The Kier molecular flexibility index (Phi) is 5.28. The Labute approximate surface area is 203 Å². The molecule has 35 heavy (non-hydrogen) atoms. The lowest BCUT2D eigenvalue weighted by atomic mass is 9.91. The van der Waals surface area contributed by atoms with Crippen LogP contribution in [0.2, 0.25) is 0 Å². The van der Waals surface area contributed by atoms with Crippen LogP contribution in [0.5, 0.6) is 0 Å². The van der Waals surface area contributed by atoms with E-state index >= 15 is 0 Å². The van der Waals surface area contributed by atoms with Crippen LogP contribution in [0, 0.1) is 6.92 Å². The zero-order valence-electron chi connectivity index (χ0n) is 19.6. The largest absolute Gasteiger partial charge is 0.382 e. The number of fused-ring (bicyclic) bond motifs is 3. The number of quaternary nitrogens is 1. The molecule has 176 valence electrons. The van der Waals surface area contributed by atoms with Gasteiger partial charge in [-0.25, -0.2) is 0 Å². The highest BCUT2D eigenvalue weighted by atomic mass is 16.3. The van der Waals surface area contributed by atoms with E-state index in [-0.39, 0.29) is 24.4 Å². The number of hydrogen-bond acceptors (Lipinski definition) is 3. The van der Waals surface area contributed by atoms with Gasteiger partial charge >= 0.3 is 0 Å². The number of aliphatic hydroxyl groups is 1. The van der Waals surface area contributed by atoms with Crippen LogP contribution in [-0.2, 0) is 6.42 Å². The minimum Gasteiger partial charge on any atom is -0.382 e. The third-order valence-corrected chi connectivity index (χ3v) is 7.61. The summed E-state index contributed by atoms with van der Waals surface area (Å²) < 4.78 is 0. The van der Waals surface area contributed by atoms with Crippen molar-refractivity contribution in [1.29, 1.82) is 0 Å². The Hall–Kier alpha value is -3.74. The number of aromatic nitrogens is 1. The van der Waals surface area contributed by atoms with Crippen LogP contribution in [-0.4, -0.2) is 46.4 Å². The predicted molar refractivity (Wildman–Crippen MR) is 133 cm³/mol. The van der Waals surface area contributed by atoms with E-state index in [0.29, 0.717) is 17.7 Å². The number of rotatable bonds is 5. The average Bonchev–Trinajstić information content (AvgIpc) is 3.34. The number of amides is 2. The zero-order chi connectivity index (χ0) is 24.1. The van der Waals surface area contributed by atoms with Crippen molar-refractivity contribution in [2.45, 2.75) is 25.5 Å². The number of nitrogens with zero attached hydrogens (tertiary/aromatic N) is 1.